The number of nitrogens with zero attached hydrogens (tertiary/aromatic N) is 5. The zero-order valence-corrected chi connectivity index (χ0v) is 16.0. The molecule has 0 aliphatic rings. The number of hydrogen-bond acceptors (Lipinski definition) is 8. The van der Waals surface area contributed by atoms with Crippen molar-refractivity contribution in [3.05, 3.63) is 39.9 Å². The fraction of sp³-hybridized carbons (Fsp3) is 0.267. The maximum absolute atomic E-state index is 11.6. The van der Waals surface area contributed by atoms with Crippen LogP contribution >= 0.6 is 34.7 Å². The second kappa shape index (κ2) is 7.51. The zero-order valence-electron chi connectivity index (χ0n) is 13.6. The van der Waals surface area contributed by atoms with Crippen molar-refractivity contribution in [3.63, 3.8) is 0 Å². The average Bonchev–Trinajstić information content (AvgIpc) is 3.21. The number of rotatable bonds is 5. The lowest BCUT2D eigenvalue weighted by atomic mass is 10.0. The Bertz CT molecular complexity index is 892. The Hall–Kier alpha value is -1.97. The summed E-state index contributed by atoms with van der Waals surface area (Å²) in [4.78, 5) is 16.1. The van der Waals surface area contributed by atoms with Gasteiger partial charge < -0.3 is 4.74 Å². The highest BCUT2D eigenvalue weighted by Crippen LogP contribution is 2.34. The fourth-order valence-corrected chi connectivity index (χ4v) is 4.25. The number of carbonyl (C=O) groups is 1. The number of hydrogen-bond donors (Lipinski definition) is 0. The van der Waals surface area contributed by atoms with E-state index in [9.17, 15) is 4.79 Å². The van der Waals surface area contributed by atoms with Crippen molar-refractivity contribution < 1.29 is 9.53 Å². The van der Waals surface area contributed by atoms with Crippen molar-refractivity contribution in [2.75, 3.05) is 7.11 Å². The number of carbonyl (C=O) groups excluding carboxylic acids is 1. The maximum Gasteiger partial charge on any atom is 0.351 e. The lowest BCUT2D eigenvalue weighted by Gasteiger charge is -2.07. The summed E-state index contributed by atoms with van der Waals surface area (Å²) in [5.74, 6) is -0.0656. The first-order valence-electron chi connectivity index (χ1n) is 7.30. The lowest BCUT2D eigenvalue weighted by molar-refractivity contribution is 0.0606. The van der Waals surface area contributed by atoms with E-state index in [1.807, 2.05) is 24.3 Å². The first kappa shape index (κ1) is 17.8. The van der Waals surface area contributed by atoms with Gasteiger partial charge in [-0.1, -0.05) is 48.9 Å². The Morgan fingerprint density at radius 3 is 2.68 bits per heavy atom. The number of aromatic nitrogens is 5. The van der Waals surface area contributed by atoms with Gasteiger partial charge in [0.1, 0.15) is 0 Å². The van der Waals surface area contributed by atoms with Crippen molar-refractivity contribution in [2.24, 2.45) is 0 Å². The molecule has 0 amide bonds. The molecule has 10 heteroatoms. The number of thiazole rings is 1. The summed E-state index contributed by atoms with van der Waals surface area (Å²) in [6, 6.07) is 8.02. The Labute approximate surface area is 157 Å². The van der Waals surface area contributed by atoms with E-state index in [1.165, 1.54) is 24.4 Å². The normalized spacial score (nSPS) is 11.1. The lowest BCUT2D eigenvalue weighted by Crippen LogP contribution is -1.99. The maximum atomic E-state index is 11.6. The van der Waals surface area contributed by atoms with Crippen LogP contribution in [-0.4, -0.2) is 38.3 Å². The SMILES string of the molecule is COC(=O)c1sc(Sc2nnnn2-c2ccc(C(C)C)cc2)nc1Cl. The molecular weight excluding hydrogens is 382 g/mol. The molecule has 0 unspecified atom stereocenters. The molecule has 130 valence electrons. The summed E-state index contributed by atoms with van der Waals surface area (Å²) in [7, 11) is 1.30. The van der Waals surface area contributed by atoms with Crippen LogP contribution in [0.5, 0.6) is 0 Å². The van der Waals surface area contributed by atoms with Crippen LogP contribution in [-0.2, 0) is 4.74 Å². The summed E-state index contributed by atoms with van der Waals surface area (Å²) < 4.78 is 6.85. The first-order chi connectivity index (χ1) is 12.0. The van der Waals surface area contributed by atoms with E-state index in [4.69, 9.17) is 11.6 Å². The standard InChI is InChI=1S/C15H14ClN5O2S2/c1-8(2)9-4-6-10(7-5-9)21-14(18-19-20-21)25-15-17-12(16)11(24-15)13(22)23-3/h4-8H,1-3H3. The molecule has 3 aromatic rings. The van der Waals surface area contributed by atoms with Crippen LogP contribution in [0.4, 0.5) is 0 Å². The van der Waals surface area contributed by atoms with Gasteiger partial charge in [-0.2, -0.15) is 4.68 Å². The van der Waals surface area contributed by atoms with Gasteiger partial charge in [-0.3, -0.25) is 0 Å². The van der Waals surface area contributed by atoms with Gasteiger partial charge in [-0.05, 0) is 45.8 Å². The summed E-state index contributed by atoms with van der Waals surface area (Å²) in [5, 5.41) is 12.4. The Morgan fingerprint density at radius 2 is 2.04 bits per heavy atom. The summed E-state index contributed by atoms with van der Waals surface area (Å²) in [5.41, 5.74) is 2.08. The molecule has 0 saturated carbocycles. The van der Waals surface area contributed by atoms with Crippen molar-refractivity contribution >= 4 is 40.7 Å². The molecule has 2 heterocycles. The highest BCUT2D eigenvalue weighted by atomic mass is 35.5. The van der Waals surface area contributed by atoms with Gasteiger partial charge in [0, 0.05) is 0 Å². The number of benzene rings is 1. The summed E-state index contributed by atoms with van der Waals surface area (Å²) in [6.45, 7) is 4.27. The second-order valence-electron chi connectivity index (χ2n) is 5.31. The van der Waals surface area contributed by atoms with Gasteiger partial charge in [-0.15, -0.1) is 5.10 Å². The van der Waals surface area contributed by atoms with E-state index < -0.39 is 5.97 Å². The van der Waals surface area contributed by atoms with Crippen LogP contribution in [0.1, 0.15) is 35.0 Å². The van der Waals surface area contributed by atoms with E-state index in [2.05, 4.69) is 39.1 Å². The highest BCUT2D eigenvalue weighted by Gasteiger charge is 2.20. The van der Waals surface area contributed by atoms with E-state index in [-0.39, 0.29) is 10.0 Å². The molecule has 25 heavy (non-hydrogen) atoms. The summed E-state index contributed by atoms with van der Waals surface area (Å²) >= 11 is 8.36. The van der Waals surface area contributed by atoms with E-state index in [1.54, 1.807) is 4.68 Å². The van der Waals surface area contributed by atoms with Gasteiger partial charge in [0.2, 0.25) is 5.16 Å². The van der Waals surface area contributed by atoms with E-state index in [0.29, 0.717) is 15.4 Å². The molecule has 0 fully saturated rings. The zero-order chi connectivity index (χ0) is 18.0. The van der Waals surface area contributed by atoms with Crippen molar-refractivity contribution in [3.8, 4) is 5.69 Å². The molecule has 2 aromatic heterocycles. The predicted molar refractivity (Wildman–Crippen MR) is 95.8 cm³/mol. The molecule has 0 saturated heterocycles. The minimum atomic E-state index is -0.516. The number of methoxy groups -OCH3 is 1. The molecule has 0 bridgehead atoms. The number of ether oxygens (including phenoxy) is 1. The van der Waals surface area contributed by atoms with Crippen molar-refractivity contribution in [1.82, 2.24) is 25.2 Å². The molecule has 0 atom stereocenters. The molecule has 0 spiro atoms. The average molecular weight is 396 g/mol. The summed E-state index contributed by atoms with van der Waals surface area (Å²) in [6.07, 6.45) is 0. The molecule has 1 aromatic carbocycles. The predicted octanol–water partition coefficient (Wildman–Crippen LogP) is 3.83. The third kappa shape index (κ3) is 3.83. The van der Waals surface area contributed by atoms with Crippen LogP contribution < -0.4 is 0 Å². The van der Waals surface area contributed by atoms with Gasteiger partial charge in [-0.25, -0.2) is 9.78 Å². The minimum absolute atomic E-state index is 0.111. The first-order valence-corrected chi connectivity index (χ1v) is 9.32. The van der Waals surface area contributed by atoms with Gasteiger partial charge in [0.15, 0.2) is 14.4 Å². The molecule has 7 nitrogen and oxygen atoms in total. The molecule has 0 N–H and O–H groups in total. The van der Waals surface area contributed by atoms with Crippen LogP contribution in [0, 0.1) is 0 Å². The highest BCUT2D eigenvalue weighted by molar-refractivity contribution is 8.00. The molecule has 0 aliphatic heterocycles. The molecule has 0 radical (unpaired) electrons. The minimum Gasteiger partial charge on any atom is -0.465 e. The van der Waals surface area contributed by atoms with Crippen LogP contribution in [0.3, 0.4) is 0 Å². The Balaban J connectivity index is 1.86. The second-order valence-corrected chi connectivity index (χ2v) is 7.88. The largest absolute Gasteiger partial charge is 0.465 e. The monoisotopic (exact) mass is 395 g/mol. The van der Waals surface area contributed by atoms with Crippen molar-refractivity contribution in [2.45, 2.75) is 29.3 Å². The molecule has 0 aliphatic carbocycles. The number of esters is 1. The van der Waals surface area contributed by atoms with Crippen molar-refractivity contribution in [1.29, 1.82) is 0 Å². The van der Waals surface area contributed by atoms with Gasteiger partial charge in [0.05, 0.1) is 12.8 Å². The van der Waals surface area contributed by atoms with Crippen LogP contribution in [0.2, 0.25) is 5.15 Å². The van der Waals surface area contributed by atoms with E-state index in [0.717, 1.165) is 17.0 Å². The van der Waals surface area contributed by atoms with Gasteiger partial charge in [0.25, 0.3) is 0 Å². The number of tetrazole rings is 1. The third-order valence-corrected chi connectivity index (χ3v) is 5.78. The third-order valence-electron chi connectivity index (χ3n) is 3.36. The Morgan fingerprint density at radius 1 is 1.32 bits per heavy atom. The van der Waals surface area contributed by atoms with E-state index >= 15 is 0 Å². The molecular formula is C15H14ClN5O2S2. The number of halogens is 1. The fourth-order valence-electron chi connectivity index (χ4n) is 2.03. The quantitative estimate of drug-likeness (QED) is 0.607. The Kier molecular flexibility index (Phi) is 5.36. The van der Waals surface area contributed by atoms with Crippen LogP contribution in [0.15, 0.2) is 33.8 Å². The topological polar surface area (TPSA) is 82.8 Å². The smallest absolute Gasteiger partial charge is 0.351 e. The van der Waals surface area contributed by atoms with Gasteiger partial charge >= 0.3 is 5.97 Å². The van der Waals surface area contributed by atoms with Crippen LogP contribution in [0.25, 0.3) is 5.69 Å². The molecule has 3 rings (SSSR count).